The number of anilines is 1. The van der Waals surface area contributed by atoms with Gasteiger partial charge in [-0.2, -0.15) is 5.26 Å². The van der Waals surface area contributed by atoms with Crippen LogP contribution >= 0.6 is 10.7 Å². The molecule has 1 saturated heterocycles. The maximum absolute atomic E-state index is 12.1. The molecular formula is C14H10ClN3O3S. The van der Waals surface area contributed by atoms with E-state index < -0.39 is 14.3 Å². The number of nitriles is 1. The van der Waals surface area contributed by atoms with Crippen LogP contribution in [0.4, 0.5) is 5.69 Å². The molecule has 112 valence electrons. The second kappa shape index (κ2) is 5.23. The molecule has 0 N–H and O–H groups in total. The Morgan fingerprint density at radius 1 is 1.36 bits per heavy atom. The topological polar surface area (TPSA) is 91.1 Å². The van der Waals surface area contributed by atoms with E-state index in [0.29, 0.717) is 22.2 Å². The fraction of sp³-hybridized carbons (Fsp3) is 0.214. The third kappa shape index (κ3) is 2.40. The van der Waals surface area contributed by atoms with Gasteiger partial charge in [-0.3, -0.25) is 9.78 Å². The lowest BCUT2D eigenvalue weighted by molar-refractivity contribution is -0.117. The summed E-state index contributed by atoms with van der Waals surface area (Å²) >= 11 is 0. The van der Waals surface area contributed by atoms with Crippen LogP contribution in [0.5, 0.6) is 0 Å². The molecule has 0 aliphatic carbocycles. The molecule has 1 amide bonds. The van der Waals surface area contributed by atoms with Crippen LogP contribution in [0.15, 0.2) is 30.5 Å². The highest BCUT2D eigenvalue weighted by molar-refractivity contribution is 8.14. The van der Waals surface area contributed by atoms with Crippen LogP contribution in [0.25, 0.3) is 10.9 Å². The highest BCUT2D eigenvalue weighted by Gasteiger charge is 2.38. The minimum Gasteiger partial charge on any atom is -0.310 e. The molecule has 6 nitrogen and oxygen atoms in total. The molecule has 0 spiro atoms. The minimum absolute atomic E-state index is 0.0505. The van der Waals surface area contributed by atoms with Gasteiger partial charge in [0.15, 0.2) is 0 Å². The Morgan fingerprint density at radius 3 is 2.77 bits per heavy atom. The van der Waals surface area contributed by atoms with Crippen LogP contribution in [0, 0.1) is 11.3 Å². The Morgan fingerprint density at radius 2 is 2.14 bits per heavy atom. The zero-order chi connectivity index (χ0) is 15.9. The molecule has 2 aromatic rings. The summed E-state index contributed by atoms with van der Waals surface area (Å²) in [4.78, 5) is 17.6. The Kier molecular flexibility index (Phi) is 3.51. The summed E-state index contributed by atoms with van der Waals surface area (Å²) in [6.07, 6.45) is 1.43. The maximum atomic E-state index is 12.1. The van der Waals surface area contributed by atoms with Crippen LogP contribution in [0.1, 0.15) is 12.0 Å². The molecule has 0 bridgehead atoms. The second-order valence-electron chi connectivity index (χ2n) is 4.95. The molecule has 2 heterocycles. The molecule has 1 aromatic carbocycles. The first-order chi connectivity index (χ1) is 10.4. The van der Waals surface area contributed by atoms with Gasteiger partial charge in [-0.05, 0) is 24.3 Å². The first kappa shape index (κ1) is 14.8. The van der Waals surface area contributed by atoms with Crippen molar-refractivity contribution >= 4 is 42.2 Å². The number of pyridine rings is 1. The molecule has 1 fully saturated rings. The summed E-state index contributed by atoms with van der Waals surface area (Å²) in [5.41, 5.74) is 1.32. The van der Waals surface area contributed by atoms with Gasteiger partial charge in [-0.25, -0.2) is 8.42 Å². The number of carbonyl (C=O) groups is 1. The van der Waals surface area contributed by atoms with E-state index in [-0.39, 0.29) is 18.9 Å². The van der Waals surface area contributed by atoms with Gasteiger partial charge < -0.3 is 4.90 Å². The molecule has 0 radical (unpaired) electrons. The number of hydrogen-bond donors (Lipinski definition) is 0. The number of aromatic nitrogens is 1. The zero-order valence-corrected chi connectivity index (χ0v) is 12.8. The maximum Gasteiger partial charge on any atom is 0.237 e. The highest BCUT2D eigenvalue weighted by atomic mass is 35.7. The van der Waals surface area contributed by atoms with Crippen LogP contribution in [-0.4, -0.2) is 31.1 Å². The molecule has 1 atom stereocenters. The van der Waals surface area contributed by atoms with E-state index in [1.807, 2.05) is 0 Å². The number of nitrogens with zero attached hydrogens (tertiary/aromatic N) is 3. The molecule has 1 unspecified atom stereocenters. The van der Waals surface area contributed by atoms with Gasteiger partial charge in [-0.15, -0.1) is 0 Å². The summed E-state index contributed by atoms with van der Waals surface area (Å²) in [6, 6.07) is 8.81. The first-order valence-electron chi connectivity index (χ1n) is 6.43. The molecule has 1 aliphatic heterocycles. The van der Waals surface area contributed by atoms with Crippen molar-refractivity contribution < 1.29 is 13.2 Å². The fourth-order valence-corrected chi connectivity index (χ4v) is 3.61. The summed E-state index contributed by atoms with van der Waals surface area (Å²) in [5, 5.41) is 9.09. The Labute approximate surface area is 131 Å². The van der Waals surface area contributed by atoms with Crippen molar-refractivity contribution in [3.63, 3.8) is 0 Å². The Hall–Kier alpha value is -2.17. The zero-order valence-electron chi connectivity index (χ0n) is 11.2. The lowest BCUT2D eigenvalue weighted by atomic mass is 10.1. The van der Waals surface area contributed by atoms with Crippen molar-refractivity contribution in [1.82, 2.24) is 4.98 Å². The van der Waals surface area contributed by atoms with Gasteiger partial charge >= 0.3 is 0 Å². The van der Waals surface area contributed by atoms with Crippen molar-refractivity contribution in [2.45, 2.75) is 11.7 Å². The number of fused-ring (bicyclic) bond motifs is 1. The van der Waals surface area contributed by atoms with Crippen molar-refractivity contribution in [1.29, 1.82) is 5.26 Å². The van der Waals surface area contributed by atoms with E-state index in [1.54, 1.807) is 30.5 Å². The molecule has 3 rings (SSSR count). The highest BCUT2D eigenvalue weighted by Crippen LogP contribution is 2.32. The molecule has 0 saturated carbocycles. The Bertz CT molecular complexity index is 921. The summed E-state index contributed by atoms with van der Waals surface area (Å²) < 4.78 is 22.9. The Balaban J connectivity index is 2.12. The van der Waals surface area contributed by atoms with E-state index in [4.69, 9.17) is 10.7 Å². The van der Waals surface area contributed by atoms with Gasteiger partial charge in [0.1, 0.15) is 11.3 Å². The van der Waals surface area contributed by atoms with Crippen LogP contribution in [-0.2, 0) is 13.8 Å². The van der Waals surface area contributed by atoms with E-state index >= 15 is 0 Å². The summed E-state index contributed by atoms with van der Waals surface area (Å²) in [6.45, 7) is -0.0505. The first-order valence-corrected chi connectivity index (χ1v) is 8.80. The number of hydrogen-bond acceptors (Lipinski definition) is 5. The quantitative estimate of drug-likeness (QED) is 0.780. The molecule has 8 heteroatoms. The SMILES string of the molecule is N#Cc1c(N2CC(S(=O)(=O)Cl)CC2=O)ccc2ncccc12. The molecule has 1 aliphatic rings. The fourth-order valence-electron chi connectivity index (χ4n) is 2.58. The van der Waals surface area contributed by atoms with Crippen LogP contribution < -0.4 is 4.90 Å². The summed E-state index contributed by atoms with van der Waals surface area (Å²) in [5.74, 6) is -0.367. The van der Waals surface area contributed by atoms with Gasteiger partial charge in [0.2, 0.25) is 15.0 Å². The van der Waals surface area contributed by atoms with Crippen molar-refractivity contribution in [3.8, 4) is 6.07 Å². The molecule has 1 aromatic heterocycles. The van der Waals surface area contributed by atoms with Crippen LogP contribution in [0.3, 0.4) is 0 Å². The van der Waals surface area contributed by atoms with E-state index in [0.717, 1.165) is 0 Å². The monoisotopic (exact) mass is 335 g/mol. The molecule has 22 heavy (non-hydrogen) atoms. The number of halogens is 1. The average Bonchev–Trinajstić information content (AvgIpc) is 2.88. The predicted octanol–water partition coefficient (Wildman–Crippen LogP) is 1.78. The van der Waals surface area contributed by atoms with E-state index in [9.17, 15) is 18.5 Å². The molecular weight excluding hydrogens is 326 g/mol. The predicted molar refractivity (Wildman–Crippen MR) is 82.0 cm³/mol. The van der Waals surface area contributed by atoms with Gasteiger partial charge in [-0.1, -0.05) is 0 Å². The third-order valence-electron chi connectivity index (χ3n) is 3.65. The number of rotatable bonds is 2. The third-order valence-corrected chi connectivity index (χ3v) is 5.52. The van der Waals surface area contributed by atoms with E-state index in [1.165, 1.54) is 4.90 Å². The second-order valence-corrected chi connectivity index (χ2v) is 7.86. The van der Waals surface area contributed by atoms with E-state index in [2.05, 4.69) is 11.1 Å². The standard InChI is InChI=1S/C14H10ClN3O3S/c15-22(20,21)9-6-14(19)18(8-9)13-4-3-12-10(11(13)7-16)2-1-5-17-12/h1-5,9H,6,8H2. The average molecular weight is 336 g/mol. The normalized spacial score (nSPS) is 18.6. The van der Waals surface area contributed by atoms with Gasteiger partial charge in [0.05, 0.1) is 16.8 Å². The lowest BCUT2D eigenvalue weighted by Gasteiger charge is -2.18. The lowest BCUT2D eigenvalue weighted by Crippen LogP contribution is -2.27. The van der Waals surface area contributed by atoms with Gasteiger partial charge in [0, 0.05) is 35.2 Å². The van der Waals surface area contributed by atoms with Crippen molar-refractivity contribution in [2.75, 3.05) is 11.4 Å². The minimum atomic E-state index is -3.82. The van der Waals surface area contributed by atoms with Crippen LogP contribution in [0.2, 0.25) is 0 Å². The number of benzene rings is 1. The van der Waals surface area contributed by atoms with Crippen molar-refractivity contribution in [2.24, 2.45) is 0 Å². The number of amides is 1. The van der Waals surface area contributed by atoms with Gasteiger partial charge in [0.25, 0.3) is 0 Å². The smallest absolute Gasteiger partial charge is 0.237 e. The van der Waals surface area contributed by atoms with Crippen molar-refractivity contribution in [3.05, 3.63) is 36.0 Å². The largest absolute Gasteiger partial charge is 0.310 e. The summed E-state index contributed by atoms with van der Waals surface area (Å²) in [7, 11) is 1.52. The number of carbonyl (C=O) groups excluding carboxylic acids is 1.